The molecule has 1 fully saturated rings. The van der Waals surface area contributed by atoms with Crippen LogP contribution in [0.25, 0.3) is 0 Å². The summed E-state index contributed by atoms with van der Waals surface area (Å²) in [5.41, 5.74) is 0. The van der Waals surface area contributed by atoms with E-state index in [1.165, 1.54) is 20.0 Å². The van der Waals surface area contributed by atoms with Crippen molar-refractivity contribution < 1.29 is 19.0 Å². The average Bonchev–Trinajstić information content (AvgIpc) is 2.46. The number of rotatable bonds is 9. The fourth-order valence-corrected chi connectivity index (χ4v) is 2.72. The Bertz CT molecular complexity index is 267. The Balaban J connectivity index is 2.42. The van der Waals surface area contributed by atoms with Crippen molar-refractivity contribution in [2.24, 2.45) is 0 Å². The van der Waals surface area contributed by atoms with E-state index in [0.29, 0.717) is 25.7 Å². The van der Waals surface area contributed by atoms with E-state index in [2.05, 4.69) is 4.90 Å². The van der Waals surface area contributed by atoms with Gasteiger partial charge in [0.25, 0.3) is 0 Å². The average molecular weight is 287 g/mol. The van der Waals surface area contributed by atoms with Gasteiger partial charge < -0.3 is 14.2 Å². The number of hydrogen-bond acceptors (Lipinski definition) is 5. The first kappa shape index (κ1) is 17.4. The molecule has 1 aliphatic rings. The molecule has 5 heteroatoms. The SMILES string of the molecule is CCOC(CCN1CCCCC1CC(=O)OC)OCC. The molecule has 1 unspecified atom stereocenters. The summed E-state index contributed by atoms with van der Waals surface area (Å²) in [4.78, 5) is 13.9. The van der Waals surface area contributed by atoms with Gasteiger partial charge in [0.2, 0.25) is 0 Å². The molecule has 5 nitrogen and oxygen atoms in total. The lowest BCUT2D eigenvalue weighted by Gasteiger charge is -2.35. The normalized spacial score (nSPS) is 20.3. The van der Waals surface area contributed by atoms with E-state index in [1.807, 2.05) is 13.8 Å². The van der Waals surface area contributed by atoms with E-state index < -0.39 is 0 Å². The van der Waals surface area contributed by atoms with Gasteiger partial charge >= 0.3 is 5.97 Å². The molecule has 0 bridgehead atoms. The summed E-state index contributed by atoms with van der Waals surface area (Å²) < 4.78 is 15.9. The fourth-order valence-electron chi connectivity index (χ4n) is 2.72. The monoisotopic (exact) mass is 287 g/mol. The fraction of sp³-hybridized carbons (Fsp3) is 0.933. The summed E-state index contributed by atoms with van der Waals surface area (Å²) >= 11 is 0. The minimum Gasteiger partial charge on any atom is -0.469 e. The highest BCUT2D eigenvalue weighted by Gasteiger charge is 2.25. The van der Waals surface area contributed by atoms with Crippen molar-refractivity contribution in [3.05, 3.63) is 0 Å². The molecular weight excluding hydrogens is 258 g/mol. The Morgan fingerprint density at radius 1 is 1.25 bits per heavy atom. The van der Waals surface area contributed by atoms with Crippen LogP contribution in [0.15, 0.2) is 0 Å². The van der Waals surface area contributed by atoms with Crippen LogP contribution >= 0.6 is 0 Å². The zero-order valence-corrected chi connectivity index (χ0v) is 13.1. The standard InChI is InChI=1S/C15H29NO4/c1-4-19-15(20-5-2)9-11-16-10-7-6-8-13(16)12-14(17)18-3/h13,15H,4-12H2,1-3H3. The van der Waals surface area contributed by atoms with Crippen LogP contribution in [0.2, 0.25) is 0 Å². The van der Waals surface area contributed by atoms with Crippen molar-refractivity contribution >= 4 is 5.97 Å². The molecular formula is C15H29NO4. The number of carbonyl (C=O) groups is 1. The number of likely N-dealkylation sites (tertiary alicyclic amines) is 1. The lowest BCUT2D eigenvalue weighted by molar-refractivity contribution is -0.145. The zero-order valence-electron chi connectivity index (χ0n) is 13.1. The van der Waals surface area contributed by atoms with Crippen molar-refractivity contribution in [2.75, 3.05) is 33.4 Å². The van der Waals surface area contributed by atoms with E-state index in [4.69, 9.17) is 14.2 Å². The summed E-state index contributed by atoms with van der Waals surface area (Å²) in [7, 11) is 1.45. The minimum atomic E-state index is -0.134. The lowest BCUT2D eigenvalue weighted by Crippen LogP contribution is -2.42. The Kier molecular flexibility index (Phi) is 8.82. The highest BCUT2D eigenvalue weighted by atomic mass is 16.7. The molecule has 0 aromatic rings. The first-order valence-electron chi connectivity index (χ1n) is 7.75. The van der Waals surface area contributed by atoms with E-state index in [1.54, 1.807) is 0 Å². The maximum absolute atomic E-state index is 11.5. The Labute approximate surface area is 122 Å². The lowest BCUT2D eigenvalue weighted by atomic mass is 9.99. The molecule has 0 spiro atoms. The van der Waals surface area contributed by atoms with Crippen molar-refractivity contribution in [1.29, 1.82) is 0 Å². The number of esters is 1. The van der Waals surface area contributed by atoms with Crippen molar-refractivity contribution in [3.8, 4) is 0 Å². The third-order valence-corrected chi connectivity index (χ3v) is 3.74. The molecule has 1 heterocycles. The first-order valence-corrected chi connectivity index (χ1v) is 7.75. The van der Waals surface area contributed by atoms with Gasteiger partial charge in [0.15, 0.2) is 6.29 Å². The van der Waals surface area contributed by atoms with Crippen LogP contribution in [0.4, 0.5) is 0 Å². The third kappa shape index (κ3) is 6.20. The molecule has 0 saturated carbocycles. The van der Waals surface area contributed by atoms with Crippen molar-refractivity contribution in [2.45, 2.75) is 58.3 Å². The number of piperidine rings is 1. The Hall–Kier alpha value is -0.650. The van der Waals surface area contributed by atoms with Crippen LogP contribution in [0.5, 0.6) is 0 Å². The number of methoxy groups -OCH3 is 1. The number of ether oxygens (including phenoxy) is 3. The van der Waals surface area contributed by atoms with Gasteiger partial charge in [0.05, 0.1) is 13.5 Å². The number of nitrogens with zero attached hydrogens (tertiary/aromatic N) is 1. The largest absolute Gasteiger partial charge is 0.469 e. The second-order valence-corrected chi connectivity index (χ2v) is 5.09. The van der Waals surface area contributed by atoms with Crippen molar-refractivity contribution in [3.63, 3.8) is 0 Å². The minimum absolute atomic E-state index is 0.118. The van der Waals surface area contributed by atoms with Gasteiger partial charge in [-0.05, 0) is 33.2 Å². The maximum Gasteiger partial charge on any atom is 0.307 e. The zero-order chi connectivity index (χ0) is 14.8. The third-order valence-electron chi connectivity index (χ3n) is 3.74. The number of carbonyl (C=O) groups excluding carboxylic acids is 1. The van der Waals surface area contributed by atoms with Crippen LogP contribution in [0, 0.1) is 0 Å². The summed E-state index contributed by atoms with van der Waals surface area (Å²) in [5.74, 6) is -0.118. The second-order valence-electron chi connectivity index (χ2n) is 5.09. The van der Waals surface area contributed by atoms with Crippen LogP contribution in [-0.2, 0) is 19.0 Å². The molecule has 1 rings (SSSR count). The molecule has 0 radical (unpaired) electrons. The summed E-state index contributed by atoms with van der Waals surface area (Å²) in [6.07, 6.45) is 4.67. The van der Waals surface area contributed by atoms with Crippen molar-refractivity contribution in [1.82, 2.24) is 4.90 Å². The van der Waals surface area contributed by atoms with E-state index >= 15 is 0 Å². The molecule has 118 valence electrons. The number of hydrogen-bond donors (Lipinski definition) is 0. The van der Waals surface area contributed by atoms with Crippen LogP contribution in [-0.4, -0.2) is 56.6 Å². The molecule has 0 aromatic heterocycles. The van der Waals surface area contributed by atoms with Gasteiger partial charge in [-0.1, -0.05) is 6.42 Å². The predicted octanol–water partition coefficient (Wildman–Crippen LogP) is 2.19. The van der Waals surface area contributed by atoms with Crippen LogP contribution < -0.4 is 0 Å². The van der Waals surface area contributed by atoms with E-state index in [9.17, 15) is 4.79 Å². The molecule has 0 aliphatic carbocycles. The topological polar surface area (TPSA) is 48.0 Å². The summed E-state index contributed by atoms with van der Waals surface area (Å²) in [6, 6.07) is 0.306. The predicted molar refractivity (Wildman–Crippen MR) is 77.5 cm³/mol. The molecule has 1 aliphatic heterocycles. The quantitative estimate of drug-likeness (QED) is 0.480. The highest BCUT2D eigenvalue weighted by molar-refractivity contribution is 5.69. The van der Waals surface area contributed by atoms with E-state index in [-0.39, 0.29) is 12.3 Å². The van der Waals surface area contributed by atoms with Crippen LogP contribution in [0.3, 0.4) is 0 Å². The Morgan fingerprint density at radius 3 is 2.55 bits per heavy atom. The van der Waals surface area contributed by atoms with Gasteiger partial charge in [-0.15, -0.1) is 0 Å². The second kappa shape index (κ2) is 10.1. The Morgan fingerprint density at radius 2 is 1.95 bits per heavy atom. The van der Waals surface area contributed by atoms with E-state index in [0.717, 1.165) is 25.9 Å². The van der Waals surface area contributed by atoms with Gasteiger partial charge in [0, 0.05) is 32.2 Å². The van der Waals surface area contributed by atoms with Gasteiger partial charge in [0.1, 0.15) is 0 Å². The molecule has 0 N–H and O–H groups in total. The summed E-state index contributed by atoms with van der Waals surface area (Å²) in [6.45, 7) is 7.24. The maximum atomic E-state index is 11.5. The summed E-state index contributed by atoms with van der Waals surface area (Å²) in [5, 5.41) is 0. The van der Waals surface area contributed by atoms with Gasteiger partial charge in [-0.3, -0.25) is 9.69 Å². The molecule has 1 atom stereocenters. The smallest absolute Gasteiger partial charge is 0.307 e. The highest BCUT2D eigenvalue weighted by Crippen LogP contribution is 2.21. The molecule has 0 aromatic carbocycles. The molecule has 0 amide bonds. The van der Waals surface area contributed by atoms with Gasteiger partial charge in [-0.2, -0.15) is 0 Å². The van der Waals surface area contributed by atoms with Gasteiger partial charge in [-0.25, -0.2) is 0 Å². The van der Waals surface area contributed by atoms with Crippen LogP contribution in [0.1, 0.15) is 46.0 Å². The molecule has 1 saturated heterocycles. The molecule has 20 heavy (non-hydrogen) atoms. The first-order chi connectivity index (χ1) is 9.71.